The van der Waals surface area contributed by atoms with Crippen molar-refractivity contribution in [3.05, 3.63) is 18.2 Å². The van der Waals surface area contributed by atoms with Gasteiger partial charge in [-0.1, -0.05) is 0 Å². The summed E-state index contributed by atoms with van der Waals surface area (Å²) in [5.74, 6) is 1.10. The monoisotopic (exact) mass is 280 g/mol. The van der Waals surface area contributed by atoms with E-state index in [9.17, 15) is 4.79 Å². The van der Waals surface area contributed by atoms with E-state index in [2.05, 4.69) is 10.3 Å². The number of hydrogen-bond donors (Lipinski definition) is 2. The number of nitrogens with two attached hydrogens (primary N) is 1. The molecule has 0 bridgehead atoms. The van der Waals surface area contributed by atoms with Crippen molar-refractivity contribution in [1.82, 2.24) is 14.9 Å². The number of carbonyl (C=O) groups excluding carboxylic acids is 1. The Bertz CT molecular complexity index is 446. The van der Waals surface area contributed by atoms with Crippen LogP contribution in [0.1, 0.15) is 25.1 Å². The Morgan fingerprint density at radius 3 is 3.05 bits per heavy atom. The lowest BCUT2D eigenvalue weighted by Crippen LogP contribution is -2.45. The average Bonchev–Trinajstić information content (AvgIpc) is 2.85. The van der Waals surface area contributed by atoms with Gasteiger partial charge in [-0.05, 0) is 19.3 Å². The highest BCUT2D eigenvalue weighted by Crippen LogP contribution is 2.25. The van der Waals surface area contributed by atoms with Gasteiger partial charge >= 0.3 is 0 Å². The summed E-state index contributed by atoms with van der Waals surface area (Å²) in [5, 5.41) is 2.99. The fourth-order valence-electron chi connectivity index (χ4n) is 2.74. The molecule has 0 radical (unpaired) electrons. The Balaban J connectivity index is 1.76. The van der Waals surface area contributed by atoms with E-state index in [4.69, 9.17) is 10.5 Å². The maximum atomic E-state index is 12.1. The van der Waals surface area contributed by atoms with Crippen LogP contribution in [0.5, 0.6) is 0 Å². The van der Waals surface area contributed by atoms with Crippen molar-refractivity contribution in [2.24, 2.45) is 18.7 Å². The smallest absolute Gasteiger partial charge is 0.223 e. The molecule has 1 aliphatic rings. The van der Waals surface area contributed by atoms with Crippen LogP contribution >= 0.6 is 0 Å². The van der Waals surface area contributed by atoms with Gasteiger partial charge in [0.25, 0.3) is 0 Å². The third kappa shape index (κ3) is 3.58. The first kappa shape index (κ1) is 15.0. The zero-order valence-electron chi connectivity index (χ0n) is 12.2. The standard InChI is InChI=1S/C14H24N4O2/c1-18-8-7-16-13(18)5-6-17-14(19)10-3-4-11(15)12(9-10)20-2/h7-8,10-12H,3-6,9,15H2,1-2H3,(H,17,19)/t10-,11-,12-/m0/s1. The summed E-state index contributed by atoms with van der Waals surface area (Å²) < 4.78 is 7.31. The number of aryl methyl sites for hydroxylation is 1. The number of rotatable bonds is 5. The van der Waals surface area contributed by atoms with Crippen LogP contribution in [0.25, 0.3) is 0 Å². The molecule has 6 heteroatoms. The third-order valence-corrected chi connectivity index (χ3v) is 4.09. The summed E-state index contributed by atoms with van der Waals surface area (Å²) in [6.07, 6.45) is 6.81. The summed E-state index contributed by atoms with van der Waals surface area (Å²) in [7, 11) is 3.61. The minimum Gasteiger partial charge on any atom is -0.380 e. The highest BCUT2D eigenvalue weighted by molar-refractivity contribution is 5.78. The molecule has 1 heterocycles. The summed E-state index contributed by atoms with van der Waals surface area (Å²) in [6, 6.07) is 0.0524. The largest absolute Gasteiger partial charge is 0.380 e. The first-order valence-corrected chi connectivity index (χ1v) is 7.14. The van der Waals surface area contributed by atoms with Crippen LogP contribution in [0.2, 0.25) is 0 Å². The Hall–Kier alpha value is -1.40. The van der Waals surface area contributed by atoms with Crippen molar-refractivity contribution < 1.29 is 9.53 Å². The lowest BCUT2D eigenvalue weighted by molar-refractivity contribution is -0.127. The minimum absolute atomic E-state index is 0.00552. The van der Waals surface area contributed by atoms with Crippen LogP contribution in [0, 0.1) is 5.92 Å². The number of amides is 1. The Kier molecular flexibility index (Phi) is 5.14. The van der Waals surface area contributed by atoms with Gasteiger partial charge in [-0.25, -0.2) is 4.98 Å². The molecule has 0 aliphatic heterocycles. The fraction of sp³-hybridized carbons (Fsp3) is 0.714. The summed E-state index contributed by atoms with van der Waals surface area (Å²) in [5.41, 5.74) is 5.97. The molecule has 6 nitrogen and oxygen atoms in total. The SMILES string of the molecule is CO[C@H]1C[C@@H](C(=O)NCCc2nccn2C)CC[C@@H]1N. The zero-order valence-corrected chi connectivity index (χ0v) is 12.2. The summed E-state index contributed by atoms with van der Waals surface area (Å²) in [4.78, 5) is 16.4. The van der Waals surface area contributed by atoms with Gasteiger partial charge in [0.05, 0.1) is 6.10 Å². The van der Waals surface area contributed by atoms with Crippen molar-refractivity contribution in [3.8, 4) is 0 Å². The van der Waals surface area contributed by atoms with Crippen LogP contribution < -0.4 is 11.1 Å². The van der Waals surface area contributed by atoms with Crippen molar-refractivity contribution in [3.63, 3.8) is 0 Å². The number of methoxy groups -OCH3 is 1. The lowest BCUT2D eigenvalue weighted by Gasteiger charge is -2.32. The predicted molar refractivity (Wildman–Crippen MR) is 76.0 cm³/mol. The molecule has 20 heavy (non-hydrogen) atoms. The number of nitrogens with zero attached hydrogens (tertiary/aromatic N) is 2. The maximum Gasteiger partial charge on any atom is 0.223 e. The number of ether oxygens (including phenoxy) is 1. The number of carbonyl (C=O) groups is 1. The molecule has 1 aliphatic carbocycles. The highest BCUT2D eigenvalue weighted by atomic mass is 16.5. The van der Waals surface area contributed by atoms with Gasteiger partial charge in [-0.3, -0.25) is 4.79 Å². The first-order valence-electron chi connectivity index (χ1n) is 7.14. The summed E-state index contributed by atoms with van der Waals surface area (Å²) in [6.45, 7) is 0.615. The quantitative estimate of drug-likeness (QED) is 0.808. The van der Waals surface area contributed by atoms with E-state index in [0.717, 1.165) is 25.1 Å². The van der Waals surface area contributed by atoms with E-state index in [-0.39, 0.29) is 24.0 Å². The molecule has 0 unspecified atom stereocenters. The maximum absolute atomic E-state index is 12.1. The van der Waals surface area contributed by atoms with E-state index in [0.29, 0.717) is 13.0 Å². The Labute approximate surface area is 119 Å². The fourth-order valence-corrected chi connectivity index (χ4v) is 2.74. The second-order valence-corrected chi connectivity index (χ2v) is 5.44. The third-order valence-electron chi connectivity index (χ3n) is 4.09. The van der Waals surface area contributed by atoms with E-state index < -0.39 is 0 Å². The molecule has 1 fully saturated rings. The van der Waals surface area contributed by atoms with E-state index in [1.54, 1.807) is 13.3 Å². The molecular formula is C14H24N4O2. The average molecular weight is 280 g/mol. The minimum atomic E-state index is -0.00552. The van der Waals surface area contributed by atoms with Crippen molar-refractivity contribution >= 4 is 5.91 Å². The number of aromatic nitrogens is 2. The van der Waals surface area contributed by atoms with Crippen LogP contribution in [-0.2, 0) is 23.0 Å². The first-order chi connectivity index (χ1) is 9.61. The van der Waals surface area contributed by atoms with Crippen LogP contribution in [0.3, 0.4) is 0 Å². The Morgan fingerprint density at radius 1 is 1.60 bits per heavy atom. The number of nitrogens with one attached hydrogen (secondary N) is 1. The van der Waals surface area contributed by atoms with Gasteiger partial charge in [0.2, 0.25) is 5.91 Å². The molecule has 112 valence electrons. The zero-order chi connectivity index (χ0) is 14.5. The van der Waals surface area contributed by atoms with E-state index in [1.807, 2.05) is 17.8 Å². The van der Waals surface area contributed by atoms with Crippen molar-refractivity contribution in [2.45, 2.75) is 37.8 Å². The van der Waals surface area contributed by atoms with E-state index >= 15 is 0 Å². The molecule has 0 spiro atoms. The van der Waals surface area contributed by atoms with Gasteiger partial charge in [-0.2, -0.15) is 0 Å². The molecule has 1 amide bonds. The molecule has 3 N–H and O–H groups in total. The van der Waals surface area contributed by atoms with Crippen LogP contribution in [0.15, 0.2) is 12.4 Å². The van der Waals surface area contributed by atoms with Crippen molar-refractivity contribution in [1.29, 1.82) is 0 Å². The number of hydrogen-bond acceptors (Lipinski definition) is 4. The molecular weight excluding hydrogens is 256 g/mol. The lowest BCUT2D eigenvalue weighted by atomic mass is 9.83. The molecule has 2 rings (SSSR count). The highest BCUT2D eigenvalue weighted by Gasteiger charge is 2.31. The van der Waals surface area contributed by atoms with Crippen LogP contribution in [0.4, 0.5) is 0 Å². The van der Waals surface area contributed by atoms with Gasteiger partial charge in [0.1, 0.15) is 5.82 Å². The van der Waals surface area contributed by atoms with Gasteiger partial charge in [-0.15, -0.1) is 0 Å². The van der Waals surface area contributed by atoms with Gasteiger partial charge in [0, 0.05) is 51.5 Å². The predicted octanol–water partition coefficient (Wildman–Crippen LogP) is 0.221. The van der Waals surface area contributed by atoms with Crippen molar-refractivity contribution in [2.75, 3.05) is 13.7 Å². The topological polar surface area (TPSA) is 82.2 Å². The summed E-state index contributed by atoms with van der Waals surface area (Å²) >= 11 is 0. The molecule has 3 atom stereocenters. The van der Waals surface area contributed by atoms with E-state index in [1.165, 1.54) is 0 Å². The molecule has 0 saturated heterocycles. The van der Waals surface area contributed by atoms with Gasteiger partial charge in [0.15, 0.2) is 0 Å². The molecule has 0 aromatic carbocycles. The second-order valence-electron chi connectivity index (χ2n) is 5.44. The molecule has 1 aromatic rings. The molecule has 1 aromatic heterocycles. The number of imidazole rings is 1. The van der Waals surface area contributed by atoms with Gasteiger partial charge < -0.3 is 20.4 Å². The Morgan fingerprint density at radius 2 is 2.40 bits per heavy atom. The van der Waals surface area contributed by atoms with Crippen LogP contribution in [-0.4, -0.2) is 41.3 Å². The molecule has 1 saturated carbocycles. The normalized spacial score (nSPS) is 26.4. The second kappa shape index (κ2) is 6.85.